The van der Waals surface area contributed by atoms with Crippen LogP contribution in [0.2, 0.25) is 0 Å². The summed E-state index contributed by atoms with van der Waals surface area (Å²) in [5.41, 5.74) is 0. The summed E-state index contributed by atoms with van der Waals surface area (Å²) in [6.07, 6.45) is 10.5. The maximum Gasteiger partial charge on any atom is 0.0466 e. The molecule has 0 aromatic carbocycles. The average molecular weight is 166 g/mol. The molecule has 3 heteroatoms. The van der Waals surface area contributed by atoms with Crippen LogP contribution < -0.4 is 0 Å². The Labute approximate surface area is 72.8 Å². The SMILES string of the molecule is C1CCOCC1.c1cnccn1. The number of hydrogen-bond donors (Lipinski definition) is 0. The standard InChI is InChI=1S/C5H10O.C4H4N2/c1-2-4-6-5-3-1;1-2-6-4-3-5-1/h1-5H2;1-4H. The van der Waals surface area contributed by atoms with Gasteiger partial charge in [0.1, 0.15) is 0 Å². The van der Waals surface area contributed by atoms with Crippen LogP contribution in [-0.4, -0.2) is 23.2 Å². The molecule has 0 N–H and O–H groups in total. The van der Waals surface area contributed by atoms with E-state index in [4.69, 9.17) is 4.74 Å². The van der Waals surface area contributed by atoms with Crippen molar-refractivity contribution in [3.05, 3.63) is 24.8 Å². The molecule has 1 saturated heterocycles. The van der Waals surface area contributed by atoms with E-state index < -0.39 is 0 Å². The summed E-state index contributed by atoms with van der Waals surface area (Å²) in [6.45, 7) is 2.00. The molecule has 1 aliphatic rings. The fraction of sp³-hybridized carbons (Fsp3) is 0.556. The minimum Gasteiger partial charge on any atom is -0.381 e. The molecule has 0 spiro atoms. The monoisotopic (exact) mass is 166 g/mol. The highest BCUT2D eigenvalue weighted by atomic mass is 16.5. The molecule has 0 radical (unpaired) electrons. The lowest BCUT2D eigenvalue weighted by Crippen LogP contribution is -2.03. The van der Waals surface area contributed by atoms with Gasteiger partial charge in [-0.05, 0) is 19.3 Å². The highest BCUT2D eigenvalue weighted by Crippen LogP contribution is 2.02. The van der Waals surface area contributed by atoms with Gasteiger partial charge in [0.2, 0.25) is 0 Å². The van der Waals surface area contributed by atoms with E-state index in [9.17, 15) is 0 Å². The van der Waals surface area contributed by atoms with Crippen LogP contribution in [-0.2, 0) is 4.74 Å². The van der Waals surface area contributed by atoms with Crippen molar-refractivity contribution < 1.29 is 4.74 Å². The molecule has 2 heterocycles. The van der Waals surface area contributed by atoms with E-state index in [2.05, 4.69) is 9.97 Å². The van der Waals surface area contributed by atoms with Gasteiger partial charge in [0.15, 0.2) is 0 Å². The summed E-state index contributed by atoms with van der Waals surface area (Å²) in [5, 5.41) is 0. The first kappa shape index (κ1) is 9.13. The van der Waals surface area contributed by atoms with Crippen LogP contribution in [0.5, 0.6) is 0 Å². The highest BCUT2D eigenvalue weighted by molar-refractivity contribution is 4.70. The zero-order valence-electron chi connectivity index (χ0n) is 7.15. The van der Waals surface area contributed by atoms with E-state index in [1.54, 1.807) is 24.8 Å². The maximum absolute atomic E-state index is 5.07. The van der Waals surface area contributed by atoms with Gasteiger partial charge in [-0.25, -0.2) is 0 Å². The van der Waals surface area contributed by atoms with Crippen LogP contribution in [0.3, 0.4) is 0 Å². The van der Waals surface area contributed by atoms with Crippen molar-refractivity contribution in [3.63, 3.8) is 0 Å². The Balaban J connectivity index is 0.000000120. The predicted octanol–water partition coefficient (Wildman–Crippen LogP) is 1.66. The smallest absolute Gasteiger partial charge is 0.0466 e. The molecule has 0 amide bonds. The van der Waals surface area contributed by atoms with Gasteiger partial charge in [-0.15, -0.1) is 0 Å². The van der Waals surface area contributed by atoms with Gasteiger partial charge in [-0.2, -0.15) is 0 Å². The lowest BCUT2D eigenvalue weighted by atomic mass is 10.2. The summed E-state index contributed by atoms with van der Waals surface area (Å²) < 4.78 is 5.07. The van der Waals surface area contributed by atoms with Gasteiger partial charge in [0, 0.05) is 38.0 Å². The van der Waals surface area contributed by atoms with Crippen molar-refractivity contribution in [2.45, 2.75) is 19.3 Å². The second-order valence-electron chi connectivity index (χ2n) is 2.57. The summed E-state index contributed by atoms with van der Waals surface area (Å²) >= 11 is 0. The topological polar surface area (TPSA) is 35.0 Å². The third-order valence-electron chi connectivity index (χ3n) is 1.55. The van der Waals surface area contributed by atoms with Crippen molar-refractivity contribution in [1.82, 2.24) is 9.97 Å². The Kier molecular flexibility index (Phi) is 5.12. The van der Waals surface area contributed by atoms with Gasteiger partial charge in [-0.3, -0.25) is 9.97 Å². The lowest BCUT2D eigenvalue weighted by Gasteiger charge is -2.08. The van der Waals surface area contributed by atoms with Gasteiger partial charge in [-0.1, -0.05) is 0 Å². The molecule has 66 valence electrons. The molecule has 0 unspecified atom stereocenters. The van der Waals surface area contributed by atoms with Crippen molar-refractivity contribution in [1.29, 1.82) is 0 Å². The third-order valence-corrected chi connectivity index (χ3v) is 1.55. The number of hydrogen-bond acceptors (Lipinski definition) is 3. The number of nitrogens with zero attached hydrogens (tertiary/aromatic N) is 2. The Morgan fingerprint density at radius 1 is 0.750 bits per heavy atom. The molecule has 1 aromatic heterocycles. The fourth-order valence-corrected chi connectivity index (χ4v) is 0.940. The van der Waals surface area contributed by atoms with Gasteiger partial charge < -0.3 is 4.74 Å². The van der Waals surface area contributed by atoms with Crippen LogP contribution in [0.4, 0.5) is 0 Å². The molecule has 1 aromatic rings. The molecule has 12 heavy (non-hydrogen) atoms. The molecular weight excluding hydrogens is 152 g/mol. The second kappa shape index (κ2) is 6.73. The molecule has 1 aliphatic heterocycles. The van der Waals surface area contributed by atoms with Crippen molar-refractivity contribution in [2.24, 2.45) is 0 Å². The van der Waals surface area contributed by atoms with Crippen molar-refractivity contribution in [2.75, 3.05) is 13.2 Å². The van der Waals surface area contributed by atoms with E-state index in [0.29, 0.717) is 0 Å². The quantitative estimate of drug-likeness (QED) is 0.588. The van der Waals surface area contributed by atoms with E-state index in [0.717, 1.165) is 13.2 Å². The normalized spacial score (nSPS) is 16.0. The maximum atomic E-state index is 5.07. The molecule has 0 saturated carbocycles. The minimum atomic E-state index is 1.00. The molecule has 2 rings (SSSR count). The third kappa shape index (κ3) is 4.79. The molecule has 0 atom stereocenters. The van der Waals surface area contributed by atoms with Crippen LogP contribution in [0.1, 0.15) is 19.3 Å². The summed E-state index contributed by atoms with van der Waals surface area (Å²) in [5.74, 6) is 0. The molecule has 1 fully saturated rings. The summed E-state index contributed by atoms with van der Waals surface area (Å²) in [7, 11) is 0. The first-order chi connectivity index (χ1) is 6.00. The van der Waals surface area contributed by atoms with Gasteiger partial charge in [0.25, 0.3) is 0 Å². The molecule has 0 bridgehead atoms. The largest absolute Gasteiger partial charge is 0.381 e. The van der Waals surface area contributed by atoms with Crippen molar-refractivity contribution in [3.8, 4) is 0 Å². The Morgan fingerprint density at radius 3 is 1.42 bits per heavy atom. The highest BCUT2D eigenvalue weighted by Gasteiger charge is 1.94. The Hall–Kier alpha value is -0.960. The second-order valence-corrected chi connectivity index (χ2v) is 2.57. The number of aromatic nitrogens is 2. The number of ether oxygens (including phenoxy) is 1. The minimum absolute atomic E-state index is 1.00. The lowest BCUT2D eigenvalue weighted by molar-refractivity contribution is 0.0968. The fourth-order valence-electron chi connectivity index (χ4n) is 0.940. The van der Waals surface area contributed by atoms with Crippen LogP contribution in [0.25, 0.3) is 0 Å². The van der Waals surface area contributed by atoms with Crippen molar-refractivity contribution >= 4 is 0 Å². The molecule has 3 nitrogen and oxygen atoms in total. The predicted molar refractivity (Wildman–Crippen MR) is 46.7 cm³/mol. The van der Waals surface area contributed by atoms with Crippen LogP contribution >= 0.6 is 0 Å². The van der Waals surface area contributed by atoms with Crippen LogP contribution in [0.15, 0.2) is 24.8 Å². The van der Waals surface area contributed by atoms with Gasteiger partial charge in [0.05, 0.1) is 0 Å². The van der Waals surface area contributed by atoms with E-state index in [1.807, 2.05) is 0 Å². The first-order valence-electron chi connectivity index (χ1n) is 4.28. The summed E-state index contributed by atoms with van der Waals surface area (Å²) in [6, 6.07) is 0. The molecule has 0 aliphatic carbocycles. The van der Waals surface area contributed by atoms with E-state index in [1.165, 1.54) is 19.3 Å². The Morgan fingerprint density at radius 2 is 1.25 bits per heavy atom. The summed E-state index contributed by atoms with van der Waals surface area (Å²) in [4.78, 5) is 7.44. The van der Waals surface area contributed by atoms with E-state index >= 15 is 0 Å². The van der Waals surface area contributed by atoms with Crippen LogP contribution in [0, 0.1) is 0 Å². The van der Waals surface area contributed by atoms with E-state index in [-0.39, 0.29) is 0 Å². The first-order valence-corrected chi connectivity index (χ1v) is 4.28. The average Bonchev–Trinajstić information content (AvgIpc) is 2.24. The van der Waals surface area contributed by atoms with Gasteiger partial charge >= 0.3 is 0 Å². The zero-order valence-corrected chi connectivity index (χ0v) is 7.15. The molecular formula is C9H14N2O. The number of rotatable bonds is 0. The zero-order chi connectivity index (χ0) is 8.49. The Bertz CT molecular complexity index is 137.